The summed E-state index contributed by atoms with van der Waals surface area (Å²) >= 11 is 0. The summed E-state index contributed by atoms with van der Waals surface area (Å²) in [5.74, 6) is 0.713. The van der Waals surface area contributed by atoms with E-state index in [0.29, 0.717) is 5.92 Å². The van der Waals surface area contributed by atoms with Crippen LogP contribution in [0.4, 0.5) is 0 Å². The molecule has 3 heterocycles. The van der Waals surface area contributed by atoms with E-state index in [1.807, 2.05) is 55.7 Å². The molecule has 3 aromatic carbocycles. The number of fused-ring (bicyclic) bond motifs is 3. The van der Waals surface area contributed by atoms with E-state index in [1.54, 1.807) is 0 Å². The van der Waals surface area contributed by atoms with Crippen LogP contribution in [0.1, 0.15) is 29.9 Å². The molecular weight excluding hydrogens is 685 g/mol. The van der Waals surface area contributed by atoms with Gasteiger partial charge in [0.1, 0.15) is 5.58 Å². The average molecular weight is 717 g/mol. The zero-order valence-corrected chi connectivity index (χ0v) is 26.7. The molecule has 0 bridgehead atoms. The third kappa shape index (κ3) is 5.88. The van der Waals surface area contributed by atoms with Crippen LogP contribution in [0.3, 0.4) is 0 Å². The Morgan fingerprint density at radius 3 is 2.40 bits per heavy atom. The molecule has 6 aromatic rings. The minimum absolute atomic E-state index is 0. The Hall–Kier alpha value is -3.37. The maximum Gasteiger partial charge on any atom is 0.120 e. The van der Waals surface area contributed by atoms with Crippen molar-refractivity contribution in [3.8, 4) is 22.5 Å². The van der Waals surface area contributed by atoms with E-state index in [-0.39, 0.29) is 20.1 Å². The van der Waals surface area contributed by atoms with Gasteiger partial charge in [0.05, 0.1) is 13.7 Å². The molecule has 0 amide bonds. The first-order valence-electron chi connectivity index (χ1n) is 13.6. The number of aryl methyl sites for hydroxylation is 1. The normalized spacial score (nSPS) is 13.0. The molecule has 0 aliphatic heterocycles. The Labute approximate surface area is 251 Å². The average Bonchev–Trinajstić information content (AvgIpc) is 3.74. The number of benzene rings is 3. The number of nitrogens with zero attached hydrogens (tertiary/aromatic N) is 2. The number of rotatable bonds is 4. The van der Waals surface area contributed by atoms with Crippen molar-refractivity contribution in [2.75, 3.05) is 0 Å². The second kappa shape index (κ2) is 11.6. The summed E-state index contributed by atoms with van der Waals surface area (Å²) in [7, 11) is -1.48. The topological polar surface area (TPSA) is 38.9 Å². The molecule has 0 unspecified atom stereocenters. The Kier molecular flexibility index (Phi) is 8.18. The van der Waals surface area contributed by atoms with Gasteiger partial charge in [-0.1, -0.05) is 71.7 Å². The molecule has 0 atom stereocenters. The maximum absolute atomic E-state index is 6.34. The minimum Gasteiger partial charge on any atom is -0.501 e. The summed E-state index contributed by atoms with van der Waals surface area (Å²) in [6, 6.07) is 33.4. The van der Waals surface area contributed by atoms with Crippen molar-refractivity contribution in [2.45, 2.75) is 45.3 Å². The van der Waals surface area contributed by atoms with Gasteiger partial charge >= 0.3 is 0 Å². The summed E-state index contributed by atoms with van der Waals surface area (Å²) in [5.41, 5.74) is 8.41. The summed E-state index contributed by atoms with van der Waals surface area (Å²) in [5, 5.41) is 3.91. The van der Waals surface area contributed by atoms with Gasteiger partial charge in [0.2, 0.25) is 0 Å². The van der Waals surface area contributed by atoms with Crippen molar-refractivity contribution in [1.29, 1.82) is 0 Å². The van der Waals surface area contributed by atoms with Crippen molar-refractivity contribution >= 4 is 35.2 Å². The molecule has 0 saturated heterocycles. The van der Waals surface area contributed by atoms with Crippen LogP contribution in [0.25, 0.3) is 44.5 Å². The van der Waals surface area contributed by atoms with Gasteiger partial charge in [-0.25, -0.2) is 0 Å². The molecule has 1 radical (unpaired) electrons. The van der Waals surface area contributed by atoms with Gasteiger partial charge in [-0.15, -0.1) is 54.1 Å². The second-order valence-electron chi connectivity index (χ2n) is 11.4. The monoisotopic (exact) mass is 717 g/mol. The van der Waals surface area contributed by atoms with E-state index in [0.717, 1.165) is 33.7 Å². The number of pyridine rings is 2. The molecule has 3 aromatic heterocycles. The molecule has 1 fully saturated rings. The van der Waals surface area contributed by atoms with Gasteiger partial charge in [0.15, 0.2) is 0 Å². The molecule has 3 nitrogen and oxygen atoms in total. The Morgan fingerprint density at radius 1 is 0.850 bits per heavy atom. The molecule has 203 valence electrons. The van der Waals surface area contributed by atoms with Crippen LogP contribution >= 0.6 is 0 Å². The van der Waals surface area contributed by atoms with Crippen molar-refractivity contribution in [3.63, 3.8) is 0 Å². The van der Waals surface area contributed by atoms with Crippen LogP contribution in [0.15, 0.2) is 95.7 Å². The molecule has 7 rings (SSSR count). The number of hydrogen-bond donors (Lipinski definition) is 0. The number of aromatic nitrogens is 2. The van der Waals surface area contributed by atoms with Gasteiger partial charge in [0.25, 0.3) is 0 Å². The van der Waals surface area contributed by atoms with E-state index < -0.39 is 8.07 Å². The maximum atomic E-state index is 6.34. The van der Waals surface area contributed by atoms with Crippen molar-refractivity contribution in [3.05, 3.63) is 115 Å². The molecule has 40 heavy (non-hydrogen) atoms. The second-order valence-corrected chi connectivity index (χ2v) is 16.4. The van der Waals surface area contributed by atoms with Crippen LogP contribution in [-0.2, 0) is 20.1 Å². The van der Waals surface area contributed by atoms with Crippen LogP contribution in [-0.4, -0.2) is 18.0 Å². The summed E-state index contributed by atoms with van der Waals surface area (Å²) in [6.45, 7) is 9.19. The van der Waals surface area contributed by atoms with E-state index >= 15 is 0 Å². The fourth-order valence-corrected chi connectivity index (χ4v) is 6.64. The third-order valence-electron chi connectivity index (χ3n) is 7.25. The first-order valence-corrected chi connectivity index (χ1v) is 17.1. The number of furan rings is 1. The van der Waals surface area contributed by atoms with Crippen LogP contribution in [0, 0.1) is 19.1 Å². The first-order chi connectivity index (χ1) is 18.9. The molecular formula is C35H32IrN2OSi-2. The summed E-state index contributed by atoms with van der Waals surface area (Å²) in [4.78, 5) is 8.95. The predicted molar refractivity (Wildman–Crippen MR) is 164 cm³/mol. The SMILES string of the molecule is C[Si](C)(C)c1cccc2oc3c(-c4cc(C5CC5)ccn4)[c-]ccc3c12.Cc1ccc(-c2[c-]cccc2)nc1.[Ir]. The van der Waals surface area contributed by atoms with Crippen molar-refractivity contribution in [1.82, 2.24) is 9.97 Å². The minimum atomic E-state index is -1.48. The molecule has 5 heteroatoms. The molecule has 0 spiro atoms. The van der Waals surface area contributed by atoms with E-state index in [1.165, 1.54) is 39.9 Å². The largest absolute Gasteiger partial charge is 0.501 e. The van der Waals surface area contributed by atoms with Gasteiger partial charge in [0, 0.05) is 37.9 Å². The summed E-state index contributed by atoms with van der Waals surface area (Å²) in [6.07, 6.45) is 6.38. The first kappa shape index (κ1) is 28.2. The van der Waals surface area contributed by atoms with Crippen LogP contribution < -0.4 is 5.19 Å². The van der Waals surface area contributed by atoms with Crippen LogP contribution in [0.5, 0.6) is 0 Å². The summed E-state index contributed by atoms with van der Waals surface area (Å²) < 4.78 is 6.34. The van der Waals surface area contributed by atoms with Crippen molar-refractivity contribution < 1.29 is 24.5 Å². The van der Waals surface area contributed by atoms with E-state index in [4.69, 9.17) is 4.42 Å². The third-order valence-corrected chi connectivity index (χ3v) is 9.28. The fraction of sp³-hybridized carbons (Fsp3) is 0.200. The van der Waals surface area contributed by atoms with Crippen molar-refractivity contribution in [2.24, 2.45) is 0 Å². The molecule has 1 aliphatic rings. The number of hydrogen-bond acceptors (Lipinski definition) is 3. The predicted octanol–water partition coefficient (Wildman–Crippen LogP) is 8.73. The Morgan fingerprint density at radius 2 is 1.70 bits per heavy atom. The zero-order chi connectivity index (χ0) is 27.0. The standard InChI is InChI=1S/C23H22NOSi.C12H10N.Ir/c1-26(2,3)21-9-5-8-20-22(21)18-7-4-6-17(23(18)25-20)19-14-16(12-13-24-19)15-10-11-15;1-10-7-8-12(13-9-10)11-5-3-2-4-6-11;/h4-5,7-9,12-15H,10-11H2,1-3H3;2-5,7-9H,1H3;/q2*-1;. The molecule has 0 N–H and O–H groups in total. The molecule has 1 saturated carbocycles. The van der Waals surface area contributed by atoms with Crippen LogP contribution in [0.2, 0.25) is 19.6 Å². The van der Waals surface area contributed by atoms with E-state index in [2.05, 4.69) is 84.2 Å². The smallest absolute Gasteiger partial charge is 0.120 e. The van der Waals surface area contributed by atoms with Gasteiger partial charge in [-0.2, -0.15) is 0 Å². The van der Waals surface area contributed by atoms with Gasteiger partial charge < -0.3 is 14.4 Å². The van der Waals surface area contributed by atoms with Gasteiger partial charge in [-0.05, 0) is 54.8 Å². The Bertz CT molecular complexity index is 1750. The quantitative estimate of drug-likeness (QED) is 0.135. The zero-order valence-electron chi connectivity index (χ0n) is 23.3. The molecule has 1 aliphatic carbocycles. The van der Waals surface area contributed by atoms with E-state index in [9.17, 15) is 0 Å². The Balaban J connectivity index is 0.000000195. The fourth-order valence-electron chi connectivity index (χ4n) is 5.04. The van der Waals surface area contributed by atoms with Gasteiger partial charge in [-0.3, -0.25) is 0 Å².